The van der Waals surface area contributed by atoms with Gasteiger partial charge in [-0.05, 0) is 44.2 Å². The van der Waals surface area contributed by atoms with Crippen molar-refractivity contribution in [3.8, 4) is 0 Å². The largest absolute Gasteiger partial charge is 0.422 e. The number of aromatic nitrogens is 2. The molecule has 0 aliphatic heterocycles. The van der Waals surface area contributed by atoms with Crippen molar-refractivity contribution in [1.82, 2.24) is 14.9 Å². The highest BCUT2D eigenvalue weighted by molar-refractivity contribution is 6.35. The van der Waals surface area contributed by atoms with Crippen LogP contribution in [0.4, 0.5) is 5.69 Å². The second-order valence-corrected chi connectivity index (χ2v) is 9.26. The number of nitrogens with one attached hydrogen (secondary N) is 1. The summed E-state index contributed by atoms with van der Waals surface area (Å²) in [6, 6.07) is 11.7. The van der Waals surface area contributed by atoms with Crippen molar-refractivity contribution in [1.29, 1.82) is 0 Å². The minimum absolute atomic E-state index is 0.0507. The zero-order valence-corrected chi connectivity index (χ0v) is 21.4. The number of anilines is 1. The van der Waals surface area contributed by atoms with Gasteiger partial charge in [-0.2, -0.15) is 0 Å². The molecule has 2 N–H and O–H groups in total. The molecule has 2 heterocycles. The smallest absolute Gasteiger partial charge is 0.349 e. The molecule has 0 saturated carbocycles. The number of halogens is 2. The lowest BCUT2D eigenvalue weighted by molar-refractivity contribution is 0.0185. The van der Waals surface area contributed by atoms with Gasteiger partial charge in [0.2, 0.25) is 0 Å². The minimum atomic E-state index is -1.62. The average molecular weight is 529 g/mol. The molecule has 0 aliphatic rings. The first-order chi connectivity index (χ1) is 17.2. The van der Waals surface area contributed by atoms with Crippen LogP contribution in [0.15, 0.2) is 70.4 Å². The summed E-state index contributed by atoms with van der Waals surface area (Å²) < 4.78 is 7.14. The zero-order valence-electron chi connectivity index (χ0n) is 19.9. The van der Waals surface area contributed by atoms with E-state index in [1.807, 2.05) is 26.0 Å². The average Bonchev–Trinajstić information content (AvgIpc) is 3.35. The second-order valence-electron chi connectivity index (χ2n) is 8.42. The maximum Gasteiger partial charge on any atom is 0.349 e. The zero-order chi connectivity index (χ0) is 25.9. The molecule has 0 radical (unpaired) electrons. The Hall–Kier alpha value is -3.33. The van der Waals surface area contributed by atoms with Crippen LogP contribution in [0.5, 0.6) is 0 Å². The summed E-state index contributed by atoms with van der Waals surface area (Å²) in [5.41, 5.74) is -0.849. The van der Waals surface area contributed by atoms with E-state index in [9.17, 15) is 14.7 Å². The minimum Gasteiger partial charge on any atom is -0.422 e. The van der Waals surface area contributed by atoms with Gasteiger partial charge in [0.15, 0.2) is 0 Å². The lowest BCUT2D eigenvalue weighted by Gasteiger charge is -2.30. The molecule has 1 atom stereocenters. The van der Waals surface area contributed by atoms with Gasteiger partial charge in [-0.25, -0.2) is 9.78 Å². The molecular weight excluding hydrogens is 503 g/mol. The molecule has 8 nitrogen and oxygen atoms in total. The highest BCUT2D eigenvalue weighted by atomic mass is 35.5. The fraction of sp³-hybridized carbons (Fsp3) is 0.269. The van der Waals surface area contributed by atoms with Crippen LogP contribution in [0.1, 0.15) is 29.8 Å². The number of benzene rings is 2. The monoisotopic (exact) mass is 528 g/mol. The Morgan fingerprint density at radius 3 is 2.61 bits per heavy atom. The van der Waals surface area contributed by atoms with Crippen molar-refractivity contribution < 1.29 is 14.3 Å². The lowest BCUT2D eigenvalue weighted by Crippen LogP contribution is -2.44. The predicted octanol–water partition coefficient (Wildman–Crippen LogP) is 4.46. The summed E-state index contributed by atoms with van der Waals surface area (Å²) in [7, 11) is 0. The van der Waals surface area contributed by atoms with E-state index in [4.69, 9.17) is 27.6 Å². The SMILES string of the molecule is CCN(CC)c1ccc2cc(C(=O)NCC(O)(Cn3ccnc3)c3ccc(Cl)cc3Cl)c(=O)oc2c1. The second kappa shape index (κ2) is 10.7. The van der Waals surface area contributed by atoms with Crippen LogP contribution in [0, 0.1) is 0 Å². The Morgan fingerprint density at radius 1 is 1.17 bits per heavy atom. The van der Waals surface area contributed by atoms with Crippen LogP contribution in [0.2, 0.25) is 10.0 Å². The number of nitrogens with zero attached hydrogens (tertiary/aromatic N) is 3. The van der Waals surface area contributed by atoms with Crippen LogP contribution in [-0.4, -0.2) is 40.2 Å². The Morgan fingerprint density at radius 2 is 1.94 bits per heavy atom. The van der Waals surface area contributed by atoms with Gasteiger partial charge < -0.3 is 24.3 Å². The molecule has 0 bridgehead atoms. The van der Waals surface area contributed by atoms with Gasteiger partial charge in [0.25, 0.3) is 5.91 Å². The quantitative estimate of drug-likeness (QED) is 0.311. The number of carbonyl (C=O) groups excluding carboxylic acids is 1. The molecule has 4 aromatic rings. The van der Waals surface area contributed by atoms with Crippen molar-refractivity contribution in [2.75, 3.05) is 24.5 Å². The molecule has 1 amide bonds. The van der Waals surface area contributed by atoms with E-state index < -0.39 is 17.1 Å². The van der Waals surface area contributed by atoms with Crippen LogP contribution in [0.3, 0.4) is 0 Å². The summed E-state index contributed by atoms with van der Waals surface area (Å²) in [5, 5.41) is 15.5. The molecule has 36 heavy (non-hydrogen) atoms. The fourth-order valence-corrected chi connectivity index (χ4v) is 4.74. The topological polar surface area (TPSA) is 101 Å². The molecule has 0 aliphatic carbocycles. The van der Waals surface area contributed by atoms with Gasteiger partial charge in [-0.3, -0.25) is 4.79 Å². The van der Waals surface area contributed by atoms with Gasteiger partial charge in [0.05, 0.1) is 19.4 Å². The van der Waals surface area contributed by atoms with Crippen molar-refractivity contribution >= 4 is 45.8 Å². The standard InChI is InChI=1S/C26H26Cl2N4O4/c1-3-32(4-2)19-7-5-17-11-20(25(34)36-23(17)13-19)24(33)30-14-26(35,15-31-10-9-29-16-31)21-8-6-18(27)12-22(21)28/h5-13,16,35H,3-4,14-15H2,1-2H3,(H,30,33). The van der Waals surface area contributed by atoms with Crippen LogP contribution >= 0.6 is 23.2 Å². The van der Waals surface area contributed by atoms with Crippen molar-refractivity contribution in [2.45, 2.75) is 26.0 Å². The maximum atomic E-state index is 13.0. The van der Waals surface area contributed by atoms with E-state index in [0.717, 1.165) is 18.8 Å². The number of aliphatic hydroxyl groups is 1. The molecular formula is C26H26Cl2N4O4. The number of fused-ring (bicyclic) bond motifs is 1. The highest BCUT2D eigenvalue weighted by Gasteiger charge is 2.33. The summed E-state index contributed by atoms with van der Waals surface area (Å²) in [6.45, 7) is 5.53. The highest BCUT2D eigenvalue weighted by Crippen LogP contribution is 2.32. The van der Waals surface area contributed by atoms with E-state index >= 15 is 0 Å². The first-order valence-electron chi connectivity index (χ1n) is 11.5. The molecule has 1 unspecified atom stereocenters. The van der Waals surface area contributed by atoms with Gasteiger partial charge in [0, 0.05) is 58.2 Å². The number of hydrogen-bond acceptors (Lipinski definition) is 6. The molecule has 0 spiro atoms. The van der Waals surface area contributed by atoms with Gasteiger partial charge in [-0.15, -0.1) is 0 Å². The fourth-order valence-electron chi connectivity index (χ4n) is 4.15. The number of rotatable bonds is 9. The van der Waals surface area contributed by atoms with Crippen LogP contribution < -0.4 is 15.8 Å². The van der Waals surface area contributed by atoms with E-state index in [1.54, 1.807) is 41.5 Å². The van der Waals surface area contributed by atoms with Crippen molar-refractivity contribution in [2.24, 2.45) is 0 Å². The summed E-state index contributed by atoms with van der Waals surface area (Å²) >= 11 is 12.4. The number of amides is 1. The summed E-state index contributed by atoms with van der Waals surface area (Å²) in [4.78, 5) is 31.8. The van der Waals surface area contributed by atoms with Gasteiger partial charge in [-0.1, -0.05) is 29.3 Å². The number of carbonyl (C=O) groups is 1. The molecule has 188 valence electrons. The molecule has 0 fully saturated rings. The maximum absolute atomic E-state index is 13.0. The van der Waals surface area contributed by atoms with Crippen molar-refractivity contribution in [3.63, 3.8) is 0 Å². The first kappa shape index (κ1) is 25.8. The number of imidazole rings is 1. The Kier molecular flexibility index (Phi) is 7.68. The molecule has 0 saturated heterocycles. The third-order valence-corrected chi connectivity index (χ3v) is 6.62. The molecule has 2 aromatic carbocycles. The van der Waals surface area contributed by atoms with Gasteiger partial charge in [0.1, 0.15) is 16.7 Å². The van der Waals surface area contributed by atoms with Gasteiger partial charge >= 0.3 is 5.63 Å². The predicted molar refractivity (Wildman–Crippen MR) is 141 cm³/mol. The van der Waals surface area contributed by atoms with Crippen molar-refractivity contribution in [3.05, 3.63) is 92.8 Å². The molecule has 10 heteroatoms. The van der Waals surface area contributed by atoms with E-state index in [-0.39, 0.29) is 23.7 Å². The Labute approximate surface area is 218 Å². The van der Waals surface area contributed by atoms with E-state index in [1.165, 1.54) is 12.1 Å². The number of hydrogen-bond donors (Lipinski definition) is 2. The Bertz CT molecular complexity index is 1430. The van der Waals surface area contributed by atoms with E-state index in [2.05, 4.69) is 15.2 Å². The molecule has 2 aromatic heterocycles. The van der Waals surface area contributed by atoms with Crippen LogP contribution in [0.25, 0.3) is 11.0 Å². The normalized spacial score (nSPS) is 12.9. The molecule has 4 rings (SSSR count). The third-order valence-electron chi connectivity index (χ3n) is 6.07. The third kappa shape index (κ3) is 5.41. The Balaban J connectivity index is 1.61. The lowest BCUT2D eigenvalue weighted by atomic mass is 9.93. The first-order valence-corrected chi connectivity index (χ1v) is 12.2. The van der Waals surface area contributed by atoms with Crippen LogP contribution in [-0.2, 0) is 12.1 Å². The summed E-state index contributed by atoms with van der Waals surface area (Å²) in [6.07, 6.45) is 4.80. The van der Waals surface area contributed by atoms with E-state index in [0.29, 0.717) is 21.6 Å². The summed E-state index contributed by atoms with van der Waals surface area (Å²) in [5.74, 6) is -0.674.